The molecule has 1 atom stereocenters. The fourth-order valence-electron chi connectivity index (χ4n) is 3.93. The summed E-state index contributed by atoms with van der Waals surface area (Å²) in [5.74, 6) is 0.532. The second kappa shape index (κ2) is 6.63. The summed E-state index contributed by atoms with van der Waals surface area (Å²) in [6.07, 6.45) is 10.5. The second-order valence-corrected chi connectivity index (χ2v) is 7.90. The highest BCUT2D eigenvalue weighted by Gasteiger charge is 2.29. The molecular weight excluding hydrogens is 318 g/mol. The molecule has 0 spiro atoms. The van der Waals surface area contributed by atoms with Crippen molar-refractivity contribution in [2.24, 2.45) is 0 Å². The topological polar surface area (TPSA) is 46.1 Å². The van der Waals surface area contributed by atoms with Crippen LogP contribution in [0.5, 0.6) is 0 Å². The Morgan fingerprint density at radius 3 is 3.00 bits per heavy atom. The van der Waals surface area contributed by atoms with E-state index in [-0.39, 0.29) is 5.91 Å². The van der Waals surface area contributed by atoms with Crippen LogP contribution >= 0.6 is 11.3 Å². The van der Waals surface area contributed by atoms with Gasteiger partial charge in [0.05, 0.1) is 17.0 Å². The van der Waals surface area contributed by atoms with Crippen molar-refractivity contribution in [3.8, 4) is 0 Å². The minimum atomic E-state index is 0.222. The van der Waals surface area contributed by atoms with Crippen molar-refractivity contribution < 1.29 is 4.79 Å². The van der Waals surface area contributed by atoms with E-state index in [1.54, 1.807) is 17.5 Å². The predicted octanol–water partition coefficient (Wildman–Crippen LogP) is 3.75. The lowest BCUT2D eigenvalue weighted by atomic mass is 9.92. The van der Waals surface area contributed by atoms with Crippen LogP contribution in [0.3, 0.4) is 0 Å². The minimum Gasteiger partial charge on any atom is -0.338 e. The van der Waals surface area contributed by atoms with Gasteiger partial charge in [-0.05, 0) is 51.0 Å². The van der Waals surface area contributed by atoms with Gasteiger partial charge in [-0.25, -0.2) is 0 Å². The number of carbonyl (C=O) groups is 1. The molecule has 126 valence electrons. The number of hydrogen-bond acceptors (Lipinski definition) is 4. The molecule has 5 heteroatoms. The van der Waals surface area contributed by atoms with Crippen LogP contribution in [0.2, 0.25) is 0 Å². The van der Waals surface area contributed by atoms with Crippen LogP contribution in [0.1, 0.15) is 63.8 Å². The first-order valence-corrected chi connectivity index (χ1v) is 9.77. The molecular formula is C19H23N3OS. The first-order valence-electron chi connectivity index (χ1n) is 8.89. The fraction of sp³-hybridized carbons (Fsp3) is 0.526. The fourth-order valence-corrected chi connectivity index (χ4v) is 5.05. The summed E-state index contributed by atoms with van der Waals surface area (Å²) in [7, 11) is 0. The van der Waals surface area contributed by atoms with E-state index < -0.39 is 0 Å². The number of thiophene rings is 1. The van der Waals surface area contributed by atoms with E-state index in [4.69, 9.17) is 0 Å². The molecule has 3 heterocycles. The van der Waals surface area contributed by atoms with Crippen LogP contribution in [0, 0.1) is 6.92 Å². The third-order valence-corrected chi connectivity index (χ3v) is 6.28. The molecule has 0 bridgehead atoms. The van der Waals surface area contributed by atoms with E-state index in [2.05, 4.69) is 15.3 Å². The Balaban J connectivity index is 1.54. The maximum atomic E-state index is 13.1. The van der Waals surface area contributed by atoms with Gasteiger partial charge >= 0.3 is 0 Å². The molecule has 4 nitrogen and oxygen atoms in total. The Hall–Kier alpha value is -1.75. The van der Waals surface area contributed by atoms with E-state index in [0.717, 1.165) is 55.7 Å². The highest BCUT2D eigenvalue weighted by Crippen LogP contribution is 2.32. The summed E-state index contributed by atoms with van der Waals surface area (Å²) in [4.78, 5) is 25.4. The van der Waals surface area contributed by atoms with Crippen molar-refractivity contribution in [3.05, 3.63) is 45.2 Å². The van der Waals surface area contributed by atoms with Gasteiger partial charge in [0.2, 0.25) is 0 Å². The Morgan fingerprint density at radius 2 is 2.12 bits per heavy atom. The zero-order valence-corrected chi connectivity index (χ0v) is 14.9. The van der Waals surface area contributed by atoms with Crippen molar-refractivity contribution >= 4 is 17.2 Å². The number of hydrogen-bond donors (Lipinski definition) is 0. The van der Waals surface area contributed by atoms with Crippen LogP contribution in [0.4, 0.5) is 0 Å². The van der Waals surface area contributed by atoms with Crippen molar-refractivity contribution in [1.82, 2.24) is 14.9 Å². The van der Waals surface area contributed by atoms with Gasteiger partial charge in [0.1, 0.15) is 0 Å². The normalized spacial score (nSPS) is 20.7. The van der Waals surface area contributed by atoms with Gasteiger partial charge in [0, 0.05) is 41.7 Å². The molecule has 2 aromatic rings. The lowest BCUT2D eigenvalue weighted by Crippen LogP contribution is -2.39. The summed E-state index contributed by atoms with van der Waals surface area (Å²) in [5, 5.41) is 2.09. The number of likely N-dealkylation sites (tertiary alicyclic amines) is 1. The molecule has 1 fully saturated rings. The Kier molecular flexibility index (Phi) is 4.35. The average Bonchev–Trinajstić information content (AvgIpc) is 3.05. The molecule has 2 aromatic heterocycles. The molecule has 1 aliphatic carbocycles. The van der Waals surface area contributed by atoms with E-state index in [1.807, 2.05) is 18.0 Å². The van der Waals surface area contributed by atoms with Crippen LogP contribution in [0.15, 0.2) is 17.8 Å². The van der Waals surface area contributed by atoms with Gasteiger partial charge in [-0.15, -0.1) is 11.3 Å². The maximum absolute atomic E-state index is 13.1. The number of rotatable bonds is 2. The number of carbonyl (C=O) groups excluding carboxylic acids is 1. The molecule has 24 heavy (non-hydrogen) atoms. The highest BCUT2D eigenvalue weighted by molar-refractivity contribution is 7.10. The maximum Gasteiger partial charge on any atom is 0.255 e. The predicted molar refractivity (Wildman–Crippen MR) is 95.6 cm³/mol. The summed E-state index contributed by atoms with van der Waals surface area (Å²) in [6, 6.07) is 0. The molecule has 1 aliphatic heterocycles. The summed E-state index contributed by atoms with van der Waals surface area (Å²) in [5.41, 5.74) is 4.27. The zero-order chi connectivity index (χ0) is 16.5. The van der Waals surface area contributed by atoms with Crippen molar-refractivity contribution in [1.29, 1.82) is 0 Å². The van der Waals surface area contributed by atoms with E-state index in [9.17, 15) is 4.79 Å². The van der Waals surface area contributed by atoms with Gasteiger partial charge < -0.3 is 4.90 Å². The number of nitrogens with zero attached hydrogens (tertiary/aromatic N) is 3. The Morgan fingerprint density at radius 1 is 1.25 bits per heavy atom. The van der Waals surface area contributed by atoms with Crippen LogP contribution in [-0.4, -0.2) is 33.9 Å². The number of fused-ring (bicyclic) bond motifs is 1. The minimum absolute atomic E-state index is 0.222. The van der Waals surface area contributed by atoms with Gasteiger partial charge in [-0.1, -0.05) is 0 Å². The third kappa shape index (κ3) is 2.97. The lowest BCUT2D eigenvalue weighted by Gasteiger charge is -2.32. The highest BCUT2D eigenvalue weighted by atomic mass is 32.1. The number of aromatic nitrogens is 2. The van der Waals surface area contributed by atoms with Gasteiger partial charge in [0.15, 0.2) is 0 Å². The number of amides is 1. The average molecular weight is 341 g/mol. The Bertz CT molecular complexity index is 755. The van der Waals surface area contributed by atoms with E-state index in [0.29, 0.717) is 5.92 Å². The van der Waals surface area contributed by atoms with E-state index >= 15 is 0 Å². The molecule has 1 amide bonds. The molecule has 1 unspecified atom stereocenters. The Labute approximate surface area is 146 Å². The molecule has 1 saturated heterocycles. The van der Waals surface area contributed by atoms with Crippen molar-refractivity contribution in [2.75, 3.05) is 13.1 Å². The molecule has 4 rings (SSSR count). The summed E-state index contributed by atoms with van der Waals surface area (Å²) in [6.45, 7) is 3.60. The standard InChI is InChI=1S/C19H23N3OS/c1-13-9-20-10-17(21-13)14-5-4-8-22(11-14)19(23)16-12-24-18-7-3-2-6-15(16)18/h9-10,12,14H,2-8,11H2,1H3. The largest absolute Gasteiger partial charge is 0.338 e. The van der Waals surface area contributed by atoms with Crippen LogP contribution < -0.4 is 0 Å². The van der Waals surface area contributed by atoms with Gasteiger partial charge in [-0.2, -0.15) is 0 Å². The molecule has 0 aromatic carbocycles. The lowest BCUT2D eigenvalue weighted by molar-refractivity contribution is 0.0705. The van der Waals surface area contributed by atoms with Crippen LogP contribution in [0.25, 0.3) is 0 Å². The van der Waals surface area contributed by atoms with Gasteiger partial charge in [0.25, 0.3) is 5.91 Å². The molecule has 0 N–H and O–H groups in total. The quantitative estimate of drug-likeness (QED) is 0.836. The number of aryl methyl sites for hydroxylation is 2. The third-order valence-electron chi connectivity index (χ3n) is 5.19. The van der Waals surface area contributed by atoms with Gasteiger partial charge in [-0.3, -0.25) is 14.8 Å². The number of piperidine rings is 1. The molecule has 0 radical (unpaired) electrons. The SMILES string of the molecule is Cc1cncc(C2CCCN(C(=O)c3csc4c3CCCC4)C2)n1. The van der Waals surface area contributed by atoms with Crippen molar-refractivity contribution in [2.45, 2.75) is 51.4 Å². The second-order valence-electron chi connectivity index (χ2n) is 6.93. The monoisotopic (exact) mass is 341 g/mol. The zero-order valence-electron chi connectivity index (χ0n) is 14.1. The first-order chi connectivity index (χ1) is 11.7. The van der Waals surface area contributed by atoms with E-state index in [1.165, 1.54) is 23.3 Å². The summed E-state index contributed by atoms with van der Waals surface area (Å²) < 4.78 is 0. The smallest absolute Gasteiger partial charge is 0.255 e. The summed E-state index contributed by atoms with van der Waals surface area (Å²) >= 11 is 1.77. The first kappa shape index (κ1) is 15.8. The van der Waals surface area contributed by atoms with Crippen LogP contribution in [-0.2, 0) is 12.8 Å². The molecule has 2 aliphatic rings. The van der Waals surface area contributed by atoms with Crippen molar-refractivity contribution in [3.63, 3.8) is 0 Å². The molecule has 0 saturated carbocycles.